The lowest BCUT2D eigenvalue weighted by Crippen LogP contribution is -2.28. The van der Waals surface area contributed by atoms with Crippen molar-refractivity contribution in [1.82, 2.24) is 14.7 Å². The number of carbonyl (C=O) groups is 1. The lowest BCUT2D eigenvalue weighted by molar-refractivity contribution is -0.116. The van der Waals surface area contributed by atoms with E-state index in [1.807, 2.05) is 63.2 Å². The average Bonchev–Trinajstić information content (AvgIpc) is 3.22. The number of aryl methyl sites for hydroxylation is 3. The Balaban J connectivity index is 1.56. The first kappa shape index (κ1) is 20.3. The fourth-order valence-electron chi connectivity index (χ4n) is 3.26. The van der Waals surface area contributed by atoms with Gasteiger partial charge in [-0.05, 0) is 61.7 Å². The fourth-order valence-corrected chi connectivity index (χ4v) is 3.26. The van der Waals surface area contributed by atoms with Gasteiger partial charge in [0, 0.05) is 17.4 Å². The van der Waals surface area contributed by atoms with Gasteiger partial charge >= 0.3 is 0 Å². The van der Waals surface area contributed by atoms with Crippen LogP contribution < -0.4 is 10.9 Å². The molecule has 1 amide bonds. The normalized spacial score (nSPS) is 10.8. The molecule has 0 saturated heterocycles. The molecule has 2 aromatic carbocycles. The molecule has 4 rings (SSSR count). The second-order valence-electron chi connectivity index (χ2n) is 7.44. The van der Waals surface area contributed by atoms with E-state index in [0.29, 0.717) is 11.5 Å². The zero-order valence-corrected chi connectivity index (χ0v) is 17.5. The number of aromatic nitrogens is 3. The summed E-state index contributed by atoms with van der Waals surface area (Å²) in [5, 5.41) is 6.84. The Labute approximate surface area is 179 Å². The van der Waals surface area contributed by atoms with Crippen molar-refractivity contribution in [3.05, 3.63) is 87.8 Å². The van der Waals surface area contributed by atoms with Crippen molar-refractivity contribution in [3.8, 4) is 22.8 Å². The third kappa shape index (κ3) is 4.30. The van der Waals surface area contributed by atoms with E-state index in [2.05, 4.69) is 15.5 Å². The van der Waals surface area contributed by atoms with Crippen LogP contribution in [-0.2, 0) is 11.3 Å². The summed E-state index contributed by atoms with van der Waals surface area (Å²) >= 11 is 0. The Hall–Kier alpha value is -4.00. The molecule has 7 heteroatoms. The molecular weight excluding hydrogens is 392 g/mol. The number of nitrogens with zero attached hydrogens (tertiary/aromatic N) is 3. The maximum atomic E-state index is 12.9. The summed E-state index contributed by atoms with van der Waals surface area (Å²) < 4.78 is 6.67. The monoisotopic (exact) mass is 414 g/mol. The summed E-state index contributed by atoms with van der Waals surface area (Å²) in [6.07, 6.45) is 1.56. The molecule has 0 saturated carbocycles. The predicted molar refractivity (Wildman–Crippen MR) is 119 cm³/mol. The molecule has 0 aliphatic carbocycles. The van der Waals surface area contributed by atoms with Gasteiger partial charge in [0.05, 0.1) is 0 Å². The van der Waals surface area contributed by atoms with Crippen LogP contribution in [0.3, 0.4) is 0 Å². The molecule has 0 fully saturated rings. The Morgan fingerprint density at radius 1 is 0.968 bits per heavy atom. The maximum absolute atomic E-state index is 12.9. The molecule has 0 aliphatic heterocycles. The van der Waals surface area contributed by atoms with Crippen LogP contribution in [0.25, 0.3) is 22.8 Å². The van der Waals surface area contributed by atoms with Gasteiger partial charge in [0.15, 0.2) is 0 Å². The highest BCUT2D eigenvalue weighted by atomic mass is 16.5. The second-order valence-corrected chi connectivity index (χ2v) is 7.44. The van der Waals surface area contributed by atoms with Gasteiger partial charge in [0.1, 0.15) is 12.1 Å². The number of anilines is 1. The number of pyridine rings is 1. The molecule has 2 aromatic heterocycles. The van der Waals surface area contributed by atoms with Crippen molar-refractivity contribution >= 4 is 11.6 Å². The third-order valence-electron chi connectivity index (χ3n) is 5.17. The molecular formula is C24H22N4O3. The molecule has 7 nitrogen and oxygen atoms in total. The number of benzene rings is 2. The van der Waals surface area contributed by atoms with Gasteiger partial charge in [0.25, 0.3) is 11.4 Å². The van der Waals surface area contributed by atoms with Crippen molar-refractivity contribution in [2.24, 2.45) is 0 Å². The van der Waals surface area contributed by atoms with Gasteiger partial charge in [-0.1, -0.05) is 35.5 Å². The highest BCUT2D eigenvalue weighted by molar-refractivity contribution is 5.90. The molecule has 31 heavy (non-hydrogen) atoms. The lowest BCUT2D eigenvalue weighted by atomic mass is 10.1. The van der Waals surface area contributed by atoms with Crippen LogP contribution in [0.4, 0.5) is 5.69 Å². The van der Waals surface area contributed by atoms with E-state index < -0.39 is 0 Å². The summed E-state index contributed by atoms with van der Waals surface area (Å²) in [6, 6.07) is 16.6. The number of rotatable bonds is 5. The van der Waals surface area contributed by atoms with Gasteiger partial charge in [-0.3, -0.25) is 9.59 Å². The average molecular weight is 414 g/mol. The minimum atomic E-state index is -0.377. The van der Waals surface area contributed by atoms with Gasteiger partial charge in [-0.2, -0.15) is 4.98 Å². The minimum Gasteiger partial charge on any atom is -0.333 e. The summed E-state index contributed by atoms with van der Waals surface area (Å²) in [6.45, 7) is 5.82. The number of nitrogens with one attached hydrogen (secondary N) is 1. The van der Waals surface area contributed by atoms with Crippen LogP contribution >= 0.6 is 0 Å². The predicted octanol–water partition coefficient (Wildman–Crippen LogP) is 4.13. The number of hydrogen-bond donors (Lipinski definition) is 1. The van der Waals surface area contributed by atoms with Crippen LogP contribution in [0.2, 0.25) is 0 Å². The number of hydrogen-bond acceptors (Lipinski definition) is 5. The standard InChI is InChI=1S/C24H22N4O3/c1-15-10-11-18(13-17(15)3)25-21(29)14-28-12-6-9-20(24(28)30)23-26-22(27-31-23)19-8-5-4-7-16(19)2/h4-13H,14H2,1-3H3,(H,25,29). The summed E-state index contributed by atoms with van der Waals surface area (Å²) in [5.41, 5.74) is 4.62. The molecule has 156 valence electrons. The van der Waals surface area contributed by atoms with Gasteiger partial charge in [-0.25, -0.2) is 0 Å². The Kier molecular flexibility index (Phi) is 5.49. The molecule has 0 radical (unpaired) electrons. The third-order valence-corrected chi connectivity index (χ3v) is 5.17. The first-order chi connectivity index (χ1) is 14.9. The molecule has 0 bridgehead atoms. The van der Waals surface area contributed by atoms with E-state index in [1.165, 1.54) is 4.57 Å². The van der Waals surface area contributed by atoms with Crippen LogP contribution in [0.5, 0.6) is 0 Å². The summed E-state index contributed by atoms with van der Waals surface area (Å²) in [4.78, 5) is 29.8. The van der Waals surface area contributed by atoms with Crippen LogP contribution in [-0.4, -0.2) is 20.6 Å². The topological polar surface area (TPSA) is 90.0 Å². The molecule has 4 aromatic rings. The van der Waals surface area contributed by atoms with Gasteiger partial charge in [0.2, 0.25) is 11.7 Å². The van der Waals surface area contributed by atoms with Crippen LogP contribution in [0.1, 0.15) is 16.7 Å². The van der Waals surface area contributed by atoms with Crippen molar-refractivity contribution in [3.63, 3.8) is 0 Å². The van der Waals surface area contributed by atoms with Gasteiger partial charge < -0.3 is 14.4 Å². The van der Waals surface area contributed by atoms with Crippen LogP contribution in [0, 0.1) is 20.8 Å². The number of amides is 1. The Morgan fingerprint density at radius 2 is 1.74 bits per heavy atom. The van der Waals surface area contributed by atoms with Crippen molar-refractivity contribution in [2.75, 3.05) is 5.32 Å². The molecule has 2 heterocycles. The fraction of sp³-hybridized carbons (Fsp3) is 0.167. The zero-order valence-electron chi connectivity index (χ0n) is 17.5. The van der Waals surface area contributed by atoms with E-state index >= 15 is 0 Å². The van der Waals surface area contributed by atoms with Crippen molar-refractivity contribution < 1.29 is 9.32 Å². The lowest BCUT2D eigenvalue weighted by Gasteiger charge is -2.09. The minimum absolute atomic E-state index is 0.118. The van der Waals surface area contributed by atoms with Crippen molar-refractivity contribution in [2.45, 2.75) is 27.3 Å². The summed E-state index contributed by atoms with van der Waals surface area (Å²) in [5.74, 6) is 0.233. The molecule has 1 N–H and O–H groups in total. The molecule has 0 spiro atoms. The SMILES string of the molecule is Cc1ccc(NC(=O)Cn2cccc(-c3nc(-c4ccccc4C)no3)c2=O)cc1C. The molecule has 0 unspecified atom stereocenters. The Bertz CT molecular complexity index is 1320. The molecule has 0 aliphatic rings. The van der Waals surface area contributed by atoms with Gasteiger partial charge in [-0.15, -0.1) is 0 Å². The summed E-state index contributed by atoms with van der Waals surface area (Å²) in [7, 11) is 0. The Morgan fingerprint density at radius 3 is 2.52 bits per heavy atom. The highest BCUT2D eigenvalue weighted by Gasteiger charge is 2.16. The van der Waals surface area contributed by atoms with Crippen molar-refractivity contribution in [1.29, 1.82) is 0 Å². The first-order valence-electron chi connectivity index (χ1n) is 9.89. The smallest absolute Gasteiger partial charge is 0.263 e. The van der Waals surface area contributed by atoms with E-state index in [0.717, 1.165) is 22.3 Å². The molecule has 0 atom stereocenters. The first-order valence-corrected chi connectivity index (χ1v) is 9.89. The second kappa shape index (κ2) is 8.39. The zero-order chi connectivity index (χ0) is 22.0. The van der Waals surface area contributed by atoms with Crippen LogP contribution in [0.15, 0.2) is 70.1 Å². The van der Waals surface area contributed by atoms with E-state index in [-0.39, 0.29) is 29.5 Å². The largest absolute Gasteiger partial charge is 0.333 e. The quantitative estimate of drug-likeness (QED) is 0.530. The maximum Gasteiger partial charge on any atom is 0.263 e. The van der Waals surface area contributed by atoms with E-state index in [1.54, 1.807) is 18.3 Å². The van der Waals surface area contributed by atoms with E-state index in [9.17, 15) is 9.59 Å². The number of carbonyl (C=O) groups excluding carboxylic acids is 1. The highest BCUT2D eigenvalue weighted by Crippen LogP contribution is 2.23. The van der Waals surface area contributed by atoms with E-state index in [4.69, 9.17) is 4.52 Å².